The van der Waals surface area contributed by atoms with Crippen molar-refractivity contribution in [3.8, 4) is 16.9 Å². The van der Waals surface area contributed by atoms with Gasteiger partial charge in [0.05, 0.1) is 6.54 Å². The summed E-state index contributed by atoms with van der Waals surface area (Å²) >= 11 is 0. The molecule has 0 bridgehead atoms. The van der Waals surface area contributed by atoms with Crippen LogP contribution in [0, 0.1) is 0 Å². The van der Waals surface area contributed by atoms with E-state index in [-0.39, 0.29) is 19.4 Å². The van der Waals surface area contributed by atoms with Crippen LogP contribution in [0.3, 0.4) is 0 Å². The van der Waals surface area contributed by atoms with Crippen LogP contribution in [0.5, 0.6) is 5.75 Å². The summed E-state index contributed by atoms with van der Waals surface area (Å²) in [5, 5.41) is 12.7. The van der Waals surface area contributed by atoms with Gasteiger partial charge in [-0.3, -0.25) is 9.69 Å². The zero-order valence-corrected chi connectivity index (χ0v) is 25.7. The number of amides is 2. The molecule has 0 unspecified atom stereocenters. The Morgan fingerprint density at radius 1 is 0.844 bits per heavy atom. The molecule has 4 aromatic carbocycles. The summed E-state index contributed by atoms with van der Waals surface area (Å²) < 4.78 is 11.7. The van der Waals surface area contributed by atoms with Gasteiger partial charge in [-0.15, -0.1) is 0 Å². The third-order valence-electron chi connectivity index (χ3n) is 7.60. The van der Waals surface area contributed by atoms with Gasteiger partial charge >= 0.3 is 12.1 Å². The van der Waals surface area contributed by atoms with Crippen LogP contribution in [0.2, 0.25) is 0 Å². The summed E-state index contributed by atoms with van der Waals surface area (Å²) in [6, 6.07) is 30.8. The predicted octanol–water partition coefficient (Wildman–Crippen LogP) is 6.41. The molecule has 0 aromatic heterocycles. The second-order valence-electron chi connectivity index (χ2n) is 12.2. The van der Waals surface area contributed by atoms with E-state index in [0.717, 1.165) is 33.4 Å². The number of aliphatic carboxylic acids is 1. The van der Waals surface area contributed by atoms with Crippen LogP contribution in [-0.4, -0.2) is 45.7 Å². The summed E-state index contributed by atoms with van der Waals surface area (Å²) in [7, 11) is 0. The molecule has 1 aliphatic rings. The minimum atomic E-state index is -1.18. The van der Waals surface area contributed by atoms with Gasteiger partial charge in [-0.25, -0.2) is 9.59 Å². The van der Waals surface area contributed by atoms with Gasteiger partial charge in [-0.05, 0) is 66.3 Å². The molecular formula is C37H38N2O6. The lowest BCUT2D eigenvalue weighted by atomic mass is 9.93. The number of nitrogens with zero attached hydrogens (tertiary/aromatic N) is 1. The molecule has 0 spiro atoms. The Morgan fingerprint density at radius 3 is 2.13 bits per heavy atom. The normalized spacial score (nSPS) is 15.0. The largest absolute Gasteiger partial charge is 0.489 e. The fraction of sp³-hybridized carbons (Fsp3) is 0.270. The van der Waals surface area contributed by atoms with Gasteiger partial charge < -0.3 is 19.9 Å². The number of nitrogens with one attached hydrogen (secondary N) is 1. The quantitative estimate of drug-likeness (QED) is 0.228. The molecule has 4 aromatic rings. The van der Waals surface area contributed by atoms with E-state index in [0.29, 0.717) is 12.4 Å². The molecule has 8 nitrogen and oxygen atoms in total. The number of carbonyl (C=O) groups excluding carboxylic acids is 2. The average Bonchev–Trinajstić information content (AvgIpc) is 3.03. The van der Waals surface area contributed by atoms with E-state index in [1.165, 1.54) is 4.90 Å². The first-order chi connectivity index (χ1) is 21.6. The average molecular weight is 607 g/mol. The summed E-state index contributed by atoms with van der Waals surface area (Å²) in [5.74, 6) is -1.06. The highest BCUT2D eigenvalue weighted by Gasteiger charge is 2.38. The zero-order valence-electron chi connectivity index (χ0n) is 25.7. The Balaban J connectivity index is 1.32. The van der Waals surface area contributed by atoms with Gasteiger partial charge in [-0.2, -0.15) is 0 Å². The maximum absolute atomic E-state index is 13.7. The first kappa shape index (κ1) is 31.3. The van der Waals surface area contributed by atoms with Crippen LogP contribution in [0.1, 0.15) is 43.0 Å². The standard InChI is InChI=1S/C37H38N2O6/c1-37(2,3)45-36(43)39-23-30-21-31(44-24-26-10-6-4-7-11-26)19-18-29(30)22-33(39)34(40)38-32(35(41)42)20-25-14-16-28(17-15-25)27-12-8-5-9-13-27/h4-19,21,32-33H,20,22-24H2,1-3H3,(H,38,40)(H,41,42)/t32-,33+/m0/s1. The highest BCUT2D eigenvalue weighted by molar-refractivity contribution is 5.90. The number of carbonyl (C=O) groups is 3. The summed E-state index contributed by atoms with van der Waals surface area (Å²) in [5.41, 5.74) is 4.80. The number of rotatable bonds is 9. The molecule has 0 aliphatic carbocycles. The van der Waals surface area contributed by atoms with Crippen molar-refractivity contribution in [2.45, 2.75) is 64.4 Å². The molecule has 8 heteroatoms. The minimum absolute atomic E-state index is 0.0913. The summed E-state index contributed by atoms with van der Waals surface area (Å²) in [6.45, 7) is 5.79. The van der Waals surface area contributed by atoms with Crippen molar-refractivity contribution in [3.05, 3.63) is 125 Å². The Morgan fingerprint density at radius 2 is 1.49 bits per heavy atom. The van der Waals surface area contributed by atoms with Gasteiger partial charge in [0.15, 0.2) is 0 Å². The molecule has 45 heavy (non-hydrogen) atoms. The summed E-state index contributed by atoms with van der Waals surface area (Å²) in [6.07, 6.45) is -0.349. The minimum Gasteiger partial charge on any atom is -0.489 e. The first-order valence-corrected chi connectivity index (χ1v) is 15.0. The van der Waals surface area contributed by atoms with Crippen molar-refractivity contribution in [2.24, 2.45) is 0 Å². The van der Waals surface area contributed by atoms with Crippen LogP contribution >= 0.6 is 0 Å². The number of benzene rings is 4. The fourth-order valence-corrected chi connectivity index (χ4v) is 5.31. The van der Waals surface area contributed by atoms with Crippen molar-refractivity contribution in [3.63, 3.8) is 0 Å². The maximum atomic E-state index is 13.7. The van der Waals surface area contributed by atoms with Crippen molar-refractivity contribution in [1.82, 2.24) is 10.2 Å². The smallest absolute Gasteiger partial charge is 0.411 e. The van der Waals surface area contributed by atoms with E-state index in [2.05, 4.69) is 5.32 Å². The lowest BCUT2D eigenvalue weighted by Gasteiger charge is -2.37. The molecule has 1 aliphatic heterocycles. The Kier molecular flexibility index (Phi) is 9.52. The van der Waals surface area contributed by atoms with E-state index < -0.39 is 35.7 Å². The molecule has 5 rings (SSSR count). The monoisotopic (exact) mass is 606 g/mol. The van der Waals surface area contributed by atoms with Crippen LogP contribution < -0.4 is 10.1 Å². The summed E-state index contributed by atoms with van der Waals surface area (Å²) in [4.78, 5) is 40.7. The molecule has 0 saturated heterocycles. The van der Waals surface area contributed by atoms with Gasteiger partial charge in [0.1, 0.15) is 30.0 Å². The highest BCUT2D eigenvalue weighted by atomic mass is 16.6. The van der Waals surface area contributed by atoms with Gasteiger partial charge in [0, 0.05) is 12.8 Å². The number of carboxylic acids is 1. The molecule has 1 heterocycles. The Hall–Kier alpha value is -5.11. The van der Waals surface area contributed by atoms with Crippen molar-refractivity contribution in [1.29, 1.82) is 0 Å². The maximum Gasteiger partial charge on any atom is 0.411 e. The number of hydrogen-bond donors (Lipinski definition) is 2. The third kappa shape index (κ3) is 8.29. The topological polar surface area (TPSA) is 105 Å². The van der Waals surface area contributed by atoms with Crippen molar-refractivity contribution in [2.75, 3.05) is 0 Å². The van der Waals surface area contributed by atoms with Gasteiger partial charge in [0.2, 0.25) is 5.91 Å². The predicted molar refractivity (Wildman–Crippen MR) is 172 cm³/mol. The molecule has 0 saturated carbocycles. The Labute approximate surface area is 263 Å². The van der Waals surface area contributed by atoms with E-state index >= 15 is 0 Å². The molecule has 2 amide bonds. The van der Waals surface area contributed by atoms with Crippen LogP contribution in [0.15, 0.2) is 103 Å². The number of ether oxygens (including phenoxy) is 2. The SMILES string of the molecule is CC(C)(C)OC(=O)N1Cc2cc(OCc3ccccc3)ccc2C[C@@H]1C(=O)N[C@@H](Cc1ccc(-c2ccccc2)cc1)C(=O)O. The Bertz CT molecular complexity index is 1630. The van der Waals surface area contributed by atoms with Crippen LogP contribution in [0.25, 0.3) is 11.1 Å². The second-order valence-corrected chi connectivity index (χ2v) is 12.2. The zero-order chi connectivity index (χ0) is 32.0. The third-order valence-corrected chi connectivity index (χ3v) is 7.60. The lowest BCUT2D eigenvalue weighted by molar-refractivity contribution is -0.142. The molecular weight excluding hydrogens is 568 g/mol. The molecule has 0 fully saturated rings. The van der Waals surface area contributed by atoms with Gasteiger partial charge in [0.25, 0.3) is 0 Å². The van der Waals surface area contributed by atoms with E-state index in [1.54, 1.807) is 20.8 Å². The van der Waals surface area contributed by atoms with E-state index in [1.807, 2.05) is 103 Å². The molecule has 2 N–H and O–H groups in total. The van der Waals surface area contributed by atoms with E-state index in [9.17, 15) is 19.5 Å². The second kappa shape index (κ2) is 13.7. The molecule has 0 radical (unpaired) electrons. The van der Waals surface area contributed by atoms with Crippen molar-refractivity contribution < 1.29 is 29.0 Å². The van der Waals surface area contributed by atoms with Gasteiger partial charge in [-0.1, -0.05) is 91.0 Å². The molecule has 2 atom stereocenters. The fourth-order valence-electron chi connectivity index (χ4n) is 5.31. The molecule has 232 valence electrons. The first-order valence-electron chi connectivity index (χ1n) is 15.0. The highest BCUT2D eigenvalue weighted by Crippen LogP contribution is 2.29. The van der Waals surface area contributed by atoms with Crippen LogP contribution in [0.4, 0.5) is 4.79 Å². The number of carboxylic acid groups (broad SMARTS) is 1. The van der Waals surface area contributed by atoms with E-state index in [4.69, 9.17) is 9.47 Å². The lowest BCUT2D eigenvalue weighted by Crippen LogP contribution is -2.56. The van der Waals surface area contributed by atoms with Crippen molar-refractivity contribution >= 4 is 18.0 Å². The number of fused-ring (bicyclic) bond motifs is 1. The number of hydrogen-bond acceptors (Lipinski definition) is 5. The van der Waals surface area contributed by atoms with Crippen LogP contribution in [-0.2, 0) is 40.3 Å².